The second kappa shape index (κ2) is 3.19. The predicted molar refractivity (Wildman–Crippen MR) is 46.5 cm³/mol. The Morgan fingerprint density at radius 3 is 2.80 bits per heavy atom. The van der Waals surface area contributed by atoms with Gasteiger partial charge in [-0.05, 0) is 5.38 Å². The van der Waals surface area contributed by atoms with Crippen LogP contribution in [0.4, 0.5) is 0 Å². The Balaban J connectivity index is 2.92. The first kappa shape index (κ1) is 7.79. The van der Waals surface area contributed by atoms with Gasteiger partial charge in [-0.25, -0.2) is 0 Å². The molecule has 1 heterocycles. The van der Waals surface area contributed by atoms with E-state index in [9.17, 15) is 0 Å². The summed E-state index contributed by atoms with van der Waals surface area (Å²) in [7, 11) is 0. The van der Waals surface area contributed by atoms with Crippen molar-refractivity contribution in [1.29, 1.82) is 0 Å². The molecule has 0 fully saturated rings. The van der Waals surface area contributed by atoms with Crippen LogP contribution in [-0.2, 0) is 0 Å². The van der Waals surface area contributed by atoms with E-state index in [0.29, 0.717) is 0 Å². The largest absolute Gasteiger partial charge is 0.321 e. The third-order valence-electron chi connectivity index (χ3n) is 1.26. The Bertz CT molecular complexity index is 231. The Morgan fingerprint density at radius 2 is 2.40 bits per heavy atom. The maximum Gasteiger partial charge on any atom is 0.0563 e. The Kier molecular flexibility index (Phi) is 2.49. The molecule has 0 aliphatic rings. The van der Waals surface area contributed by atoms with E-state index in [-0.39, 0.29) is 6.04 Å². The molecule has 2 N–H and O–H groups in total. The lowest BCUT2D eigenvalue weighted by atomic mass is 10.2. The molecule has 1 rings (SSSR count). The third kappa shape index (κ3) is 1.40. The van der Waals surface area contributed by atoms with Crippen molar-refractivity contribution >= 4 is 22.9 Å². The third-order valence-corrected chi connectivity index (χ3v) is 2.47. The normalized spacial score (nSPS) is 13.0. The van der Waals surface area contributed by atoms with Gasteiger partial charge in [0.05, 0.1) is 11.1 Å². The summed E-state index contributed by atoms with van der Waals surface area (Å²) in [5.41, 5.74) is 6.60. The highest BCUT2D eigenvalue weighted by atomic mass is 35.5. The highest BCUT2D eigenvalue weighted by molar-refractivity contribution is 7.08. The lowest BCUT2D eigenvalue weighted by Crippen LogP contribution is -2.05. The van der Waals surface area contributed by atoms with E-state index in [1.807, 2.05) is 10.8 Å². The molecule has 0 saturated heterocycles. The van der Waals surface area contributed by atoms with Crippen molar-refractivity contribution in [2.75, 3.05) is 0 Å². The molecule has 3 heteroatoms. The quantitative estimate of drug-likeness (QED) is 0.684. The zero-order valence-corrected chi connectivity index (χ0v) is 6.95. The molecule has 0 aliphatic carbocycles. The number of rotatable bonds is 2. The van der Waals surface area contributed by atoms with Crippen LogP contribution in [0.15, 0.2) is 23.4 Å². The van der Waals surface area contributed by atoms with Crippen LogP contribution in [0.1, 0.15) is 11.6 Å². The van der Waals surface area contributed by atoms with Crippen LogP contribution >= 0.6 is 22.9 Å². The first-order valence-electron chi connectivity index (χ1n) is 2.85. The molecule has 0 aromatic carbocycles. The van der Waals surface area contributed by atoms with Crippen molar-refractivity contribution in [3.8, 4) is 0 Å². The van der Waals surface area contributed by atoms with Gasteiger partial charge in [0.15, 0.2) is 0 Å². The van der Waals surface area contributed by atoms with E-state index in [1.165, 1.54) is 0 Å². The SMILES string of the molecule is C=C[C@H](N)c1cscc1Cl. The summed E-state index contributed by atoms with van der Waals surface area (Å²) < 4.78 is 0. The van der Waals surface area contributed by atoms with Crippen LogP contribution in [0.3, 0.4) is 0 Å². The molecule has 0 aliphatic heterocycles. The van der Waals surface area contributed by atoms with Crippen molar-refractivity contribution in [3.05, 3.63) is 34.0 Å². The smallest absolute Gasteiger partial charge is 0.0563 e. The van der Waals surface area contributed by atoms with Crippen molar-refractivity contribution in [2.45, 2.75) is 6.04 Å². The molecule has 0 saturated carbocycles. The average molecular weight is 174 g/mol. The van der Waals surface area contributed by atoms with E-state index in [0.717, 1.165) is 10.6 Å². The van der Waals surface area contributed by atoms with Crippen LogP contribution in [-0.4, -0.2) is 0 Å². The van der Waals surface area contributed by atoms with Crippen molar-refractivity contribution in [2.24, 2.45) is 5.73 Å². The monoisotopic (exact) mass is 173 g/mol. The van der Waals surface area contributed by atoms with Gasteiger partial charge >= 0.3 is 0 Å². The maximum absolute atomic E-state index is 5.80. The van der Waals surface area contributed by atoms with Gasteiger partial charge in [0, 0.05) is 10.9 Å². The fourth-order valence-electron chi connectivity index (χ4n) is 0.656. The second-order valence-corrected chi connectivity index (χ2v) is 3.09. The lowest BCUT2D eigenvalue weighted by molar-refractivity contribution is 0.921. The van der Waals surface area contributed by atoms with E-state index in [1.54, 1.807) is 17.4 Å². The second-order valence-electron chi connectivity index (χ2n) is 1.94. The minimum atomic E-state index is -0.126. The summed E-state index contributed by atoms with van der Waals surface area (Å²) >= 11 is 7.35. The maximum atomic E-state index is 5.80. The molecular formula is C7H8ClNS. The van der Waals surface area contributed by atoms with Gasteiger partial charge in [0.2, 0.25) is 0 Å². The number of halogens is 1. The predicted octanol–water partition coefficient (Wildman–Crippen LogP) is 2.59. The highest BCUT2D eigenvalue weighted by Crippen LogP contribution is 2.25. The van der Waals surface area contributed by atoms with Crippen LogP contribution in [0, 0.1) is 0 Å². The van der Waals surface area contributed by atoms with Gasteiger partial charge in [-0.15, -0.1) is 6.58 Å². The summed E-state index contributed by atoms with van der Waals surface area (Å²) in [4.78, 5) is 0. The lowest BCUT2D eigenvalue weighted by Gasteiger charge is -2.02. The standard InChI is InChI=1S/C7H8ClNS/c1-2-7(9)5-3-10-4-6(5)8/h2-4,7H,1,9H2/t7-/m0/s1. The molecule has 54 valence electrons. The zero-order valence-electron chi connectivity index (χ0n) is 5.38. The first-order valence-corrected chi connectivity index (χ1v) is 4.17. The molecule has 0 spiro atoms. The number of hydrogen-bond donors (Lipinski definition) is 1. The summed E-state index contributed by atoms with van der Waals surface area (Å²) in [5.74, 6) is 0. The molecule has 1 aromatic heterocycles. The van der Waals surface area contributed by atoms with Gasteiger partial charge in [-0.3, -0.25) is 0 Å². The highest BCUT2D eigenvalue weighted by Gasteiger charge is 2.05. The van der Waals surface area contributed by atoms with E-state index < -0.39 is 0 Å². The summed E-state index contributed by atoms with van der Waals surface area (Å²) in [6.45, 7) is 3.58. The minimum Gasteiger partial charge on any atom is -0.321 e. The fraction of sp³-hybridized carbons (Fsp3) is 0.143. The summed E-state index contributed by atoms with van der Waals surface area (Å²) in [6.07, 6.45) is 1.67. The Morgan fingerprint density at radius 1 is 1.70 bits per heavy atom. The molecular weight excluding hydrogens is 166 g/mol. The molecule has 0 bridgehead atoms. The van der Waals surface area contributed by atoms with Gasteiger partial charge in [0.25, 0.3) is 0 Å². The molecule has 10 heavy (non-hydrogen) atoms. The van der Waals surface area contributed by atoms with Gasteiger partial charge in [0.1, 0.15) is 0 Å². The molecule has 1 atom stereocenters. The van der Waals surface area contributed by atoms with E-state index in [4.69, 9.17) is 17.3 Å². The topological polar surface area (TPSA) is 26.0 Å². The first-order chi connectivity index (χ1) is 4.75. The van der Waals surface area contributed by atoms with Crippen LogP contribution in [0.5, 0.6) is 0 Å². The number of hydrogen-bond acceptors (Lipinski definition) is 2. The van der Waals surface area contributed by atoms with Gasteiger partial charge in [-0.2, -0.15) is 11.3 Å². The molecule has 1 nitrogen and oxygen atoms in total. The fourth-order valence-corrected chi connectivity index (χ4v) is 1.81. The van der Waals surface area contributed by atoms with Crippen LogP contribution < -0.4 is 5.73 Å². The van der Waals surface area contributed by atoms with Crippen LogP contribution in [0.25, 0.3) is 0 Å². The molecule has 0 unspecified atom stereocenters. The Hall–Kier alpha value is -0.310. The van der Waals surface area contributed by atoms with Crippen molar-refractivity contribution < 1.29 is 0 Å². The van der Waals surface area contributed by atoms with Crippen molar-refractivity contribution in [3.63, 3.8) is 0 Å². The van der Waals surface area contributed by atoms with Gasteiger partial charge < -0.3 is 5.73 Å². The molecule has 0 amide bonds. The minimum absolute atomic E-state index is 0.126. The Labute approximate surface area is 69.1 Å². The molecule has 0 radical (unpaired) electrons. The van der Waals surface area contributed by atoms with E-state index in [2.05, 4.69) is 6.58 Å². The van der Waals surface area contributed by atoms with E-state index >= 15 is 0 Å². The summed E-state index contributed by atoms with van der Waals surface area (Å²) in [5, 5.41) is 4.53. The van der Waals surface area contributed by atoms with Gasteiger partial charge in [-0.1, -0.05) is 17.7 Å². The average Bonchev–Trinajstić information content (AvgIpc) is 2.34. The van der Waals surface area contributed by atoms with Crippen molar-refractivity contribution in [1.82, 2.24) is 0 Å². The zero-order chi connectivity index (χ0) is 7.56. The number of nitrogens with two attached hydrogens (primary N) is 1. The van der Waals surface area contributed by atoms with Crippen LogP contribution in [0.2, 0.25) is 5.02 Å². The molecule has 1 aromatic rings. The summed E-state index contributed by atoms with van der Waals surface area (Å²) in [6, 6.07) is -0.126. The number of thiophene rings is 1.